The number of hydrogen-bond acceptors (Lipinski definition) is 3. The number of ether oxygens (including phenoxy) is 2. The summed E-state index contributed by atoms with van der Waals surface area (Å²) in [4.78, 5) is 12.4. The van der Waals surface area contributed by atoms with E-state index in [-0.39, 0.29) is 11.9 Å². The molecule has 0 spiro atoms. The van der Waals surface area contributed by atoms with Crippen LogP contribution in [0.1, 0.15) is 38.2 Å². The van der Waals surface area contributed by atoms with Crippen molar-refractivity contribution in [3.05, 3.63) is 23.8 Å². The van der Waals surface area contributed by atoms with E-state index < -0.39 is 0 Å². The van der Waals surface area contributed by atoms with Crippen LogP contribution in [0.2, 0.25) is 0 Å². The number of benzene rings is 1. The molecule has 23 heavy (non-hydrogen) atoms. The van der Waals surface area contributed by atoms with Gasteiger partial charge in [0.05, 0.1) is 20.6 Å². The molecule has 2 fully saturated rings. The van der Waals surface area contributed by atoms with E-state index in [1.54, 1.807) is 14.2 Å². The minimum absolute atomic E-state index is 0.0903. The smallest absolute Gasteiger partial charge is 0.224 e. The Kier molecular flexibility index (Phi) is 4.79. The third-order valence-corrected chi connectivity index (χ3v) is 5.64. The summed E-state index contributed by atoms with van der Waals surface area (Å²) in [6.45, 7) is 2.16. The molecule has 1 N–H and O–H groups in total. The van der Waals surface area contributed by atoms with Crippen LogP contribution in [-0.2, 0) is 11.2 Å². The summed E-state index contributed by atoms with van der Waals surface area (Å²) in [5, 5.41) is 3.21. The number of carbonyl (C=O) groups excluding carboxylic acids is 1. The second kappa shape index (κ2) is 6.81. The van der Waals surface area contributed by atoms with E-state index in [4.69, 9.17) is 9.47 Å². The van der Waals surface area contributed by atoms with Gasteiger partial charge in [-0.25, -0.2) is 0 Å². The highest BCUT2D eigenvalue weighted by atomic mass is 16.5. The monoisotopic (exact) mass is 317 g/mol. The summed E-state index contributed by atoms with van der Waals surface area (Å²) < 4.78 is 10.5. The Labute approximate surface area is 138 Å². The topological polar surface area (TPSA) is 47.6 Å². The van der Waals surface area contributed by atoms with Crippen LogP contribution in [0.5, 0.6) is 11.5 Å². The molecule has 126 valence electrons. The van der Waals surface area contributed by atoms with Crippen molar-refractivity contribution in [1.29, 1.82) is 0 Å². The minimum Gasteiger partial charge on any atom is -0.493 e. The highest BCUT2D eigenvalue weighted by Gasteiger charge is 2.42. The molecule has 2 aliphatic carbocycles. The number of rotatable bonds is 6. The lowest BCUT2D eigenvalue weighted by atomic mass is 9.84. The standard InChI is InChI=1S/C19H27NO3/c1-12(16-9-13-4-6-15(16)8-13)20-19(21)11-14-5-7-17(22-2)18(10-14)23-3/h5,7,10,12-13,15-16H,4,6,8-9,11H2,1-3H3,(H,20,21)/t12-,13-,15-,16-/m0/s1. The lowest BCUT2D eigenvalue weighted by Gasteiger charge is -2.28. The first-order valence-corrected chi connectivity index (χ1v) is 8.61. The van der Waals surface area contributed by atoms with Crippen LogP contribution in [0.3, 0.4) is 0 Å². The van der Waals surface area contributed by atoms with E-state index >= 15 is 0 Å². The molecule has 4 atom stereocenters. The van der Waals surface area contributed by atoms with Crippen LogP contribution in [0.15, 0.2) is 18.2 Å². The van der Waals surface area contributed by atoms with E-state index in [0.29, 0.717) is 23.8 Å². The van der Waals surface area contributed by atoms with Crippen molar-refractivity contribution < 1.29 is 14.3 Å². The van der Waals surface area contributed by atoms with E-state index in [2.05, 4.69) is 12.2 Å². The fraction of sp³-hybridized carbons (Fsp3) is 0.632. The minimum atomic E-state index is 0.0903. The van der Waals surface area contributed by atoms with Crippen LogP contribution in [0.4, 0.5) is 0 Å². The van der Waals surface area contributed by atoms with Gasteiger partial charge in [0.25, 0.3) is 0 Å². The molecule has 0 unspecified atom stereocenters. The fourth-order valence-electron chi connectivity index (χ4n) is 4.49. The molecule has 4 nitrogen and oxygen atoms in total. The van der Waals surface area contributed by atoms with Crippen LogP contribution in [-0.4, -0.2) is 26.2 Å². The van der Waals surface area contributed by atoms with Gasteiger partial charge in [-0.15, -0.1) is 0 Å². The van der Waals surface area contributed by atoms with Gasteiger partial charge in [-0.05, 0) is 61.6 Å². The molecule has 1 aromatic rings. The molecule has 3 rings (SSSR count). The number of fused-ring (bicyclic) bond motifs is 2. The van der Waals surface area contributed by atoms with Crippen molar-refractivity contribution in [2.75, 3.05) is 14.2 Å². The second-order valence-corrected chi connectivity index (χ2v) is 7.06. The Morgan fingerprint density at radius 3 is 2.61 bits per heavy atom. The Balaban J connectivity index is 1.57. The molecule has 0 radical (unpaired) electrons. The van der Waals surface area contributed by atoms with Crippen molar-refractivity contribution in [2.24, 2.45) is 17.8 Å². The first-order valence-electron chi connectivity index (χ1n) is 8.61. The molecular formula is C19H27NO3. The van der Waals surface area contributed by atoms with Crippen LogP contribution in [0.25, 0.3) is 0 Å². The fourth-order valence-corrected chi connectivity index (χ4v) is 4.49. The highest BCUT2D eigenvalue weighted by Crippen LogP contribution is 2.49. The summed E-state index contributed by atoms with van der Waals surface area (Å²) in [5.74, 6) is 3.85. The molecule has 0 aromatic heterocycles. The van der Waals surface area contributed by atoms with Gasteiger partial charge in [-0.1, -0.05) is 12.5 Å². The Morgan fingerprint density at radius 1 is 1.22 bits per heavy atom. The van der Waals surface area contributed by atoms with Gasteiger partial charge in [0.2, 0.25) is 5.91 Å². The quantitative estimate of drug-likeness (QED) is 0.876. The lowest BCUT2D eigenvalue weighted by Crippen LogP contribution is -2.40. The van der Waals surface area contributed by atoms with Crippen LogP contribution >= 0.6 is 0 Å². The molecule has 0 heterocycles. The predicted molar refractivity (Wildman–Crippen MR) is 89.8 cm³/mol. The van der Waals surface area contributed by atoms with Crippen molar-refractivity contribution in [3.63, 3.8) is 0 Å². The zero-order valence-corrected chi connectivity index (χ0v) is 14.3. The second-order valence-electron chi connectivity index (χ2n) is 7.06. The van der Waals surface area contributed by atoms with Gasteiger partial charge in [0.1, 0.15) is 0 Å². The van der Waals surface area contributed by atoms with Gasteiger partial charge >= 0.3 is 0 Å². The molecule has 2 bridgehead atoms. The van der Waals surface area contributed by atoms with E-state index in [1.807, 2.05) is 18.2 Å². The van der Waals surface area contributed by atoms with Gasteiger partial charge in [0, 0.05) is 6.04 Å². The van der Waals surface area contributed by atoms with Crippen LogP contribution < -0.4 is 14.8 Å². The average molecular weight is 317 g/mol. The van der Waals surface area contributed by atoms with Crippen molar-refractivity contribution in [1.82, 2.24) is 5.32 Å². The number of hydrogen-bond donors (Lipinski definition) is 1. The molecule has 4 heteroatoms. The Morgan fingerprint density at radius 2 is 2.00 bits per heavy atom. The zero-order chi connectivity index (χ0) is 16.4. The summed E-state index contributed by atoms with van der Waals surface area (Å²) in [5.41, 5.74) is 0.945. The third kappa shape index (κ3) is 3.46. The summed E-state index contributed by atoms with van der Waals surface area (Å²) in [7, 11) is 3.22. The Hall–Kier alpha value is -1.71. The zero-order valence-electron chi connectivity index (χ0n) is 14.3. The van der Waals surface area contributed by atoms with Gasteiger partial charge in [-0.3, -0.25) is 4.79 Å². The van der Waals surface area contributed by atoms with Crippen molar-refractivity contribution >= 4 is 5.91 Å². The molecule has 0 aliphatic heterocycles. The van der Waals surface area contributed by atoms with Gasteiger partial charge in [0.15, 0.2) is 11.5 Å². The summed E-state index contributed by atoms with van der Waals surface area (Å²) in [6.07, 6.45) is 5.80. The first kappa shape index (κ1) is 16.2. The molecule has 1 amide bonds. The lowest BCUT2D eigenvalue weighted by molar-refractivity contribution is -0.121. The first-order chi connectivity index (χ1) is 11.1. The van der Waals surface area contributed by atoms with E-state index in [0.717, 1.165) is 17.4 Å². The maximum atomic E-state index is 12.4. The number of amides is 1. The molecule has 0 saturated heterocycles. The van der Waals surface area contributed by atoms with E-state index in [9.17, 15) is 4.79 Å². The SMILES string of the molecule is COc1ccc(CC(=O)N[C@@H](C)[C@@H]2C[C@H]3CC[C@H]2C3)cc1OC. The molecule has 1 aromatic carbocycles. The van der Waals surface area contributed by atoms with Gasteiger partial charge in [-0.2, -0.15) is 0 Å². The maximum Gasteiger partial charge on any atom is 0.224 e. The van der Waals surface area contributed by atoms with Crippen LogP contribution in [0, 0.1) is 17.8 Å². The summed E-state index contributed by atoms with van der Waals surface area (Å²) >= 11 is 0. The molecule has 2 saturated carbocycles. The third-order valence-electron chi connectivity index (χ3n) is 5.64. The van der Waals surface area contributed by atoms with Crippen molar-refractivity contribution in [3.8, 4) is 11.5 Å². The molecule has 2 aliphatic rings. The normalized spacial score (nSPS) is 26.8. The average Bonchev–Trinajstić information content (AvgIpc) is 3.17. The maximum absolute atomic E-state index is 12.4. The number of carbonyl (C=O) groups is 1. The predicted octanol–water partition coefficient (Wildman–Crippen LogP) is 3.19. The van der Waals surface area contributed by atoms with Gasteiger partial charge < -0.3 is 14.8 Å². The van der Waals surface area contributed by atoms with Crippen molar-refractivity contribution in [2.45, 2.75) is 45.1 Å². The van der Waals surface area contributed by atoms with E-state index in [1.165, 1.54) is 25.7 Å². The Bertz CT molecular complexity index is 572. The number of nitrogens with one attached hydrogen (secondary N) is 1. The molecular weight excluding hydrogens is 290 g/mol. The largest absolute Gasteiger partial charge is 0.493 e. The summed E-state index contributed by atoms with van der Waals surface area (Å²) in [6, 6.07) is 5.92. The number of methoxy groups -OCH3 is 2. The highest BCUT2D eigenvalue weighted by molar-refractivity contribution is 5.79.